The van der Waals surface area contributed by atoms with Crippen LogP contribution in [0.15, 0.2) is 52.2 Å². The minimum atomic E-state index is -4.84. The van der Waals surface area contributed by atoms with Gasteiger partial charge in [0.05, 0.1) is 23.9 Å². The summed E-state index contributed by atoms with van der Waals surface area (Å²) in [6.07, 6.45) is -0.426. The van der Waals surface area contributed by atoms with Gasteiger partial charge in [0.1, 0.15) is 24.7 Å². The quantitative estimate of drug-likeness (QED) is 0.195. The zero-order chi connectivity index (χ0) is 32.0. The van der Waals surface area contributed by atoms with Gasteiger partial charge in [0.2, 0.25) is 0 Å². The van der Waals surface area contributed by atoms with Gasteiger partial charge in [-0.25, -0.2) is 4.79 Å². The Labute approximate surface area is 259 Å². The van der Waals surface area contributed by atoms with Crippen LogP contribution in [0.1, 0.15) is 31.4 Å². The maximum absolute atomic E-state index is 13.7. The molecule has 16 heteroatoms. The second-order valence-electron chi connectivity index (χ2n) is 10.2. The van der Waals surface area contributed by atoms with Crippen LogP contribution in [0.4, 0.5) is 13.2 Å². The molecule has 5 rings (SSSR count). The first kappa shape index (κ1) is 32.3. The molecule has 1 fully saturated rings. The first-order valence-corrected chi connectivity index (χ1v) is 14.6. The fourth-order valence-electron chi connectivity index (χ4n) is 4.80. The van der Waals surface area contributed by atoms with E-state index in [1.54, 1.807) is 12.1 Å². The van der Waals surface area contributed by atoms with Crippen LogP contribution < -0.4 is 25.5 Å². The summed E-state index contributed by atoms with van der Waals surface area (Å²) < 4.78 is 68.3. The molecule has 242 valence electrons. The summed E-state index contributed by atoms with van der Waals surface area (Å²) in [6.45, 7) is 0.965. The van der Waals surface area contributed by atoms with Crippen molar-refractivity contribution in [3.05, 3.63) is 74.1 Å². The lowest BCUT2D eigenvalue weighted by Crippen LogP contribution is -2.40. The number of aryl methyl sites for hydroxylation is 1. The molecule has 1 unspecified atom stereocenters. The standard InChI is InChI=1S/C29H31ClF3N5O7/c1-36-25-24(26(39)37(28(36)40)11-5-13-43-23-8-2-3-12-42-23)38(18-20-10-9-19(30)17-34-20)27(35-25)44-15-14-41-21-6-4-7-22(16-21)45-29(31,32)33/h4,6-7,9-10,16-17,23H,2-3,5,8,11-15,18H2,1H3. The smallest absolute Gasteiger partial charge is 0.490 e. The number of rotatable bonds is 13. The number of alkyl halides is 3. The predicted molar refractivity (Wildman–Crippen MR) is 156 cm³/mol. The maximum atomic E-state index is 13.7. The highest BCUT2D eigenvalue weighted by Crippen LogP contribution is 2.26. The number of halogens is 4. The van der Waals surface area contributed by atoms with Crippen molar-refractivity contribution in [1.82, 2.24) is 23.7 Å². The van der Waals surface area contributed by atoms with Crippen LogP contribution in [-0.2, 0) is 29.6 Å². The van der Waals surface area contributed by atoms with Gasteiger partial charge in [0, 0.05) is 32.5 Å². The Balaban J connectivity index is 1.35. The number of ether oxygens (including phenoxy) is 5. The first-order valence-electron chi connectivity index (χ1n) is 14.2. The molecule has 1 aliphatic heterocycles. The monoisotopic (exact) mass is 653 g/mol. The summed E-state index contributed by atoms with van der Waals surface area (Å²) in [4.78, 5) is 35.7. The van der Waals surface area contributed by atoms with E-state index in [1.807, 2.05) is 0 Å². The highest BCUT2D eigenvalue weighted by Gasteiger charge is 2.31. The van der Waals surface area contributed by atoms with Crippen molar-refractivity contribution >= 4 is 22.8 Å². The van der Waals surface area contributed by atoms with Gasteiger partial charge in [0.25, 0.3) is 11.6 Å². The lowest BCUT2D eigenvalue weighted by Gasteiger charge is -2.22. The van der Waals surface area contributed by atoms with Crippen LogP contribution in [-0.4, -0.2) is 62.7 Å². The van der Waals surface area contributed by atoms with Crippen molar-refractivity contribution in [3.8, 4) is 17.5 Å². The summed E-state index contributed by atoms with van der Waals surface area (Å²) in [5, 5.41) is 0.429. The Kier molecular flexibility index (Phi) is 10.3. The highest BCUT2D eigenvalue weighted by atomic mass is 35.5. The second kappa shape index (κ2) is 14.3. The summed E-state index contributed by atoms with van der Waals surface area (Å²) in [6, 6.07) is 8.43. The lowest BCUT2D eigenvalue weighted by atomic mass is 10.2. The first-order chi connectivity index (χ1) is 21.6. The van der Waals surface area contributed by atoms with E-state index in [0.717, 1.165) is 36.0 Å². The van der Waals surface area contributed by atoms with E-state index in [2.05, 4.69) is 14.7 Å². The molecule has 0 amide bonds. The zero-order valence-corrected chi connectivity index (χ0v) is 25.1. The van der Waals surface area contributed by atoms with Gasteiger partial charge in [-0.2, -0.15) is 4.98 Å². The van der Waals surface area contributed by atoms with Crippen LogP contribution in [0.3, 0.4) is 0 Å². The van der Waals surface area contributed by atoms with E-state index in [-0.39, 0.29) is 55.5 Å². The predicted octanol–water partition coefficient (Wildman–Crippen LogP) is 4.28. The highest BCUT2D eigenvalue weighted by molar-refractivity contribution is 6.30. The Morgan fingerprint density at radius 1 is 1.04 bits per heavy atom. The molecule has 1 saturated heterocycles. The number of imidazole rings is 1. The van der Waals surface area contributed by atoms with Crippen molar-refractivity contribution in [1.29, 1.82) is 0 Å². The number of benzene rings is 1. The van der Waals surface area contributed by atoms with Crippen LogP contribution in [0.2, 0.25) is 5.02 Å². The van der Waals surface area contributed by atoms with Crippen molar-refractivity contribution < 1.29 is 36.9 Å². The number of aromatic nitrogens is 5. The van der Waals surface area contributed by atoms with E-state index in [4.69, 9.17) is 30.5 Å². The third-order valence-corrected chi connectivity index (χ3v) is 7.12. The summed E-state index contributed by atoms with van der Waals surface area (Å²) >= 11 is 6.00. The van der Waals surface area contributed by atoms with Crippen molar-refractivity contribution in [2.24, 2.45) is 7.05 Å². The van der Waals surface area contributed by atoms with Crippen molar-refractivity contribution in [2.75, 3.05) is 26.4 Å². The molecule has 1 aromatic carbocycles. The van der Waals surface area contributed by atoms with Crippen LogP contribution in [0.5, 0.6) is 17.5 Å². The Hall–Kier alpha value is -4.08. The van der Waals surface area contributed by atoms with E-state index >= 15 is 0 Å². The number of hydrogen-bond acceptors (Lipinski definition) is 9. The van der Waals surface area contributed by atoms with Gasteiger partial charge in [-0.1, -0.05) is 17.7 Å². The van der Waals surface area contributed by atoms with Gasteiger partial charge in [-0.15, -0.1) is 13.2 Å². The van der Waals surface area contributed by atoms with Gasteiger partial charge in [0.15, 0.2) is 17.5 Å². The fraction of sp³-hybridized carbons (Fsp3) is 0.448. The second-order valence-corrected chi connectivity index (χ2v) is 10.6. The van der Waals surface area contributed by atoms with E-state index in [0.29, 0.717) is 30.4 Å². The topological polar surface area (TPSA) is 121 Å². The molecule has 1 aliphatic rings. The third kappa shape index (κ3) is 8.35. The molecule has 0 spiro atoms. The average molecular weight is 654 g/mol. The molecule has 4 aromatic rings. The third-order valence-electron chi connectivity index (χ3n) is 6.90. The number of pyridine rings is 1. The molecular formula is C29H31ClF3N5O7. The molecule has 0 bridgehead atoms. The van der Waals surface area contributed by atoms with E-state index < -0.39 is 23.4 Å². The molecule has 0 radical (unpaired) electrons. The van der Waals surface area contributed by atoms with Gasteiger partial charge in [-0.3, -0.25) is 23.5 Å². The van der Waals surface area contributed by atoms with Gasteiger partial charge in [-0.05, 0) is 49.9 Å². The lowest BCUT2D eigenvalue weighted by molar-refractivity contribution is -0.274. The average Bonchev–Trinajstić information content (AvgIpc) is 3.37. The number of hydrogen-bond donors (Lipinski definition) is 0. The van der Waals surface area contributed by atoms with E-state index in [9.17, 15) is 22.8 Å². The Morgan fingerprint density at radius 3 is 2.58 bits per heavy atom. The molecular weight excluding hydrogens is 623 g/mol. The molecule has 45 heavy (non-hydrogen) atoms. The number of fused-ring (bicyclic) bond motifs is 1. The molecule has 0 saturated carbocycles. The molecule has 0 N–H and O–H groups in total. The summed E-state index contributed by atoms with van der Waals surface area (Å²) in [5.74, 6) is -0.298. The minimum absolute atomic E-state index is 0.0159. The molecule has 1 atom stereocenters. The molecule has 4 heterocycles. The van der Waals surface area contributed by atoms with Crippen LogP contribution >= 0.6 is 11.6 Å². The van der Waals surface area contributed by atoms with Gasteiger partial charge < -0.3 is 23.7 Å². The van der Waals surface area contributed by atoms with Crippen molar-refractivity contribution in [2.45, 2.75) is 51.4 Å². The maximum Gasteiger partial charge on any atom is 0.573 e. The largest absolute Gasteiger partial charge is 0.573 e. The van der Waals surface area contributed by atoms with Crippen LogP contribution in [0.25, 0.3) is 11.2 Å². The Morgan fingerprint density at radius 2 is 1.84 bits per heavy atom. The zero-order valence-electron chi connectivity index (χ0n) is 24.3. The SMILES string of the molecule is Cn1c(=O)n(CCCOC2CCCCO2)c(=O)c2c1nc(OCCOc1cccc(OC(F)(F)F)c1)n2Cc1ccc(Cl)cn1. The molecule has 12 nitrogen and oxygen atoms in total. The molecule has 3 aromatic heterocycles. The summed E-state index contributed by atoms with van der Waals surface area (Å²) in [5.41, 5.74) is -0.335. The summed E-state index contributed by atoms with van der Waals surface area (Å²) in [7, 11) is 1.51. The molecule has 0 aliphatic carbocycles. The van der Waals surface area contributed by atoms with Crippen LogP contribution in [0, 0.1) is 0 Å². The normalized spacial score (nSPS) is 15.4. The number of nitrogens with zero attached hydrogens (tertiary/aromatic N) is 5. The minimum Gasteiger partial charge on any atom is -0.490 e. The fourth-order valence-corrected chi connectivity index (χ4v) is 4.91. The van der Waals surface area contributed by atoms with Crippen molar-refractivity contribution in [3.63, 3.8) is 0 Å². The van der Waals surface area contributed by atoms with Gasteiger partial charge >= 0.3 is 12.1 Å². The van der Waals surface area contributed by atoms with E-state index in [1.165, 1.54) is 34.5 Å². The Bertz CT molecular complexity index is 1720.